The van der Waals surface area contributed by atoms with E-state index < -0.39 is 0 Å². The quantitative estimate of drug-likeness (QED) is 0.683. The Morgan fingerprint density at radius 3 is 2.47 bits per heavy atom. The minimum Gasteiger partial charge on any atom is -0.355 e. The van der Waals surface area contributed by atoms with Crippen LogP contribution < -0.4 is 10.6 Å². The first-order chi connectivity index (χ1) is 8.09. The maximum Gasteiger partial charge on any atom is 0.236 e. The van der Waals surface area contributed by atoms with E-state index in [1.165, 1.54) is 25.7 Å². The van der Waals surface area contributed by atoms with Crippen LogP contribution in [-0.4, -0.2) is 25.0 Å². The lowest BCUT2D eigenvalue weighted by Gasteiger charge is -2.25. The Kier molecular flexibility index (Phi) is 6.56. The summed E-state index contributed by atoms with van der Waals surface area (Å²) in [5.41, 5.74) is 0. The first-order valence-corrected chi connectivity index (χ1v) is 7.10. The second-order valence-electron chi connectivity index (χ2n) is 5.73. The van der Waals surface area contributed by atoms with E-state index >= 15 is 0 Å². The van der Waals surface area contributed by atoms with Crippen LogP contribution in [0.15, 0.2) is 0 Å². The van der Waals surface area contributed by atoms with Crippen LogP contribution in [0.4, 0.5) is 0 Å². The Labute approximate surface area is 106 Å². The summed E-state index contributed by atoms with van der Waals surface area (Å²) in [5.74, 6) is 1.70. The molecule has 0 aliphatic heterocycles. The van der Waals surface area contributed by atoms with Gasteiger partial charge in [0.1, 0.15) is 0 Å². The zero-order valence-electron chi connectivity index (χ0n) is 11.6. The minimum atomic E-state index is -0.0535. The maximum atomic E-state index is 11.7. The van der Waals surface area contributed by atoms with E-state index in [1.807, 2.05) is 6.92 Å². The van der Waals surface area contributed by atoms with Crippen molar-refractivity contribution >= 4 is 5.91 Å². The Morgan fingerprint density at radius 2 is 1.94 bits per heavy atom. The molecule has 1 amide bonds. The van der Waals surface area contributed by atoms with Crippen LogP contribution >= 0.6 is 0 Å². The molecule has 2 N–H and O–H groups in total. The van der Waals surface area contributed by atoms with E-state index in [1.54, 1.807) is 0 Å². The summed E-state index contributed by atoms with van der Waals surface area (Å²) in [4.78, 5) is 11.7. The molecule has 0 aromatic carbocycles. The number of rotatable bonds is 8. The van der Waals surface area contributed by atoms with Crippen molar-refractivity contribution in [1.29, 1.82) is 0 Å². The van der Waals surface area contributed by atoms with Crippen LogP contribution in [0.25, 0.3) is 0 Å². The normalized spacial score (nSPS) is 17.9. The minimum absolute atomic E-state index is 0.0535. The van der Waals surface area contributed by atoms with Gasteiger partial charge in [0.25, 0.3) is 0 Å². The summed E-state index contributed by atoms with van der Waals surface area (Å²) in [6.07, 6.45) is 6.45. The van der Waals surface area contributed by atoms with Gasteiger partial charge in [-0.1, -0.05) is 33.1 Å². The van der Waals surface area contributed by atoms with E-state index in [0.717, 1.165) is 25.4 Å². The Balaban J connectivity index is 2.00. The first kappa shape index (κ1) is 14.5. The lowest BCUT2D eigenvalue weighted by molar-refractivity contribution is -0.122. The molecule has 100 valence electrons. The summed E-state index contributed by atoms with van der Waals surface area (Å²) in [5, 5.41) is 6.29. The molecule has 0 spiro atoms. The van der Waals surface area contributed by atoms with Crippen molar-refractivity contribution in [3.05, 3.63) is 0 Å². The van der Waals surface area contributed by atoms with Gasteiger partial charge in [-0.3, -0.25) is 4.79 Å². The Morgan fingerprint density at radius 1 is 1.24 bits per heavy atom. The van der Waals surface area contributed by atoms with E-state index in [2.05, 4.69) is 24.5 Å². The third-order valence-corrected chi connectivity index (χ3v) is 3.64. The fourth-order valence-corrected chi connectivity index (χ4v) is 2.02. The molecule has 1 atom stereocenters. The highest BCUT2D eigenvalue weighted by molar-refractivity contribution is 5.81. The number of hydrogen-bond donors (Lipinski definition) is 2. The van der Waals surface area contributed by atoms with Gasteiger partial charge >= 0.3 is 0 Å². The number of nitrogens with one attached hydrogen (secondary N) is 2. The number of carbonyl (C=O) groups excluding carboxylic acids is 1. The Bertz CT molecular complexity index is 224. The van der Waals surface area contributed by atoms with Gasteiger partial charge in [0.15, 0.2) is 0 Å². The molecular formula is C14H28N2O. The van der Waals surface area contributed by atoms with Crippen molar-refractivity contribution in [2.75, 3.05) is 13.1 Å². The molecule has 1 unspecified atom stereocenters. The molecule has 1 aliphatic carbocycles. The summed E-state index contributed by atoms with van der Waals surface area (Å²) in [6.45, 7) is 8.07. The highest BCUT2D eigenvalue weighted by atomic mass is 16.2. The zero-order chi connectivity index (χ0) is 12.7. The highest BCUT2D eigenvalue weighted by Gasteiger charge is 2.18. The summed E-state index contributed by atoms with van der Waals surface area (Å²) in [6, 6.07) is -0.0535. The highest BCUT2D eigenvalue weighted by Crippen LogP contribution is 2.28. The maximum absolute atomic E-state index is 11.7. The topological polar surface area (TPSA) is 41.1 Å². The van der Waals surface area contributed by atoms with Gasteiger partial charge < -0.3 is 10.6 Å². The molecular weight excluding hydrogens is 212 g/mol. The molecule has 3 heteroatoms. The average Bonchev–Trinajstić information content (AvgIpc) is 2.20. The average molecular weight is 240 g/mol. The number of hydrogen-bond acceptors (Lipinski definition) is 2. The second-order valence-corrected chi connectivity index (χ2v) is 5.73. The fourth-order valence-electron chi connectivity index (χ4n) is 2.02. The lowest BCUT2D eigenvalue weighted by atomic mass is 9.83. The third-order valence-electron chi connectivity index (χ3n) is 3.64. The lowest BCUT2D eigenvalue weighted by Crippen LogP contribution is -2.43. The van der Waals surface area contributed by atoms with Gasteiger partial charge in [-0.05, 0) is 38.1 Å². The smallest absolute Gasteiger partial charge is 0.236 e. The molecule has 1 rings (SSSR count). The molecule has 0 aromatic heterocycles. The summed E-state index contributed by atoms with van der Waals surface area (Å²) in [7, 11) is 0. The van der Waals surface area contributed by atoms with Crippen LogP contribution in [0.5, 0.6) is 0 Å². The van der Waals surface area contributed by atoms with Crippen molar-refractivity contribution in [2.45, 2.75) is 58.9 Å². The summed E-state index contributed by atoms with van der Waals surface area (Å²) >= 11 is 0. The van der Waals surface area contributed by atoms with Crippen molar-refractivity contribution < 1.29 is 4.79 Å². The monoisotopic (exact) mass is 240 g/mol. The van der Waals surface area contributed by atoms with Crippen molar-refractivity contribution in [2.24, 2.45) is 11.8 Å². The van der Waals surface area contributed by atoms with Crippen LogP contribution in [0, 0.1) is 11.8 Å². The van der Waals surface area contributed by atoms with E-state index in [-0.39, 0.29) is 11.9 Å². The fraction of sp³-hybridized carbons (Fsp3) is 0.929. The van der Waals surface area contributed by atoms with Gasteiger partial charge in [-0.2, -0.15) is 0 Å². The largest absolute Gasteiger partial charge is 0.355 e. The first-order valence-electron chi connectivity index (χ1n) is 7.10. The molecule has 0 aromatic rings. The predicted octanol–water partition coefficient (Wildman–Crippen LogP) is 2.32. The second kappa shape index (κ2) is 7.70. The van der Waals surface area contributed by atoms with Crippen molar-refractivity contribution in [1.82, 2.24) is 10.6 Å². The van der Waals surface area contributed by atoms with Crippen LogP contribution in [0.1, 0.15) is 52.9 Å². The van der Waals surface area contributed by atoms with Crippen LogP contribution in [0.3, 0.4) is 0 Å². The van der Waals surface area contributed by atoms with Gasteiger partial charge in [-0.15, -0.1) is 0 Å². The third kappa shape index (κ3) is 6.06. The standard InChI is InChI=1S/C14H28N2O/c1-11(2)7-9-16-14(17)12(3)15-10-8-13-5-4-6-13/h11-13,15H,4-10H2,1-3H3,(H,16,17). The molecule has 0 radical (unpaired) electrons. The molecule has 1 aliphatic rings. The van der Waals surface area contributed by atoms with Crippen molar-refractivity contribution in [3.8, 4) is 0 Å². The molecule has 17 heavy (non-hydrogen) atoms. The molecule has 0 bridgehead atoms. The zero-order valence-corrected chi connectivity index (χ0v) is 11.6. The van der Waals surface area contributed by atoms with Gasteiger partial charge in [0, 0.05) is 6.54 Å². The predicted molar refractivity (Wildman–Crippen MR) is 71.9 cm³/mol. The van der Waals surface area contributed by atoms with Crippen molar-refractivity contribution in [3.63, 3.8) is 0 Å². The molecule has 3 nitrogen and oxygen atoms in total. The van der Waals surface area contributed by atoms with Crippen LogP contribution in [-0.2, 0) is 4.79 Å². The van der Waals surface area contributed by atoms with Gasteiger partial charge in [-0.25, -0.2) is 0 Å². The Hall–Kier alpha value is -0.570. The van der Waals surface area contributed by atoms with E-state index in [9.17, 15) is 4.79 Å². The summed E-state index contributed by atoms with van der Waals surface area (Å²) < 4.78 is 0. The SMILES string of the molecule is CC(C)CCNC(=O)C(C)NCCC1CCC1. The molecule has 0 saturated heterocycles. The van der Waals surface area contributed by atoms with Gasteiger partial charge in [0.2, 0.25) is 5.91 Å². The van der Waals surface area contributed by atoms with Gasteiger partial charge in [0.05, 0.1) is 6.04 Å². The molecule has 1 fully saturated rings. The van der Waals surface area contributed by atoms with Crippen LogP contribution in [0.2, 0.25) is 0 Å². The molecule has 1 saturated carbocycles. The molecule has 0 heterocycles. The number of carbonyl (C=O) groups is 1. The number of amides is 1. The van der Waals surface area contributed by atoms with E-state index in [0.29, 0.717) is 5.92 Å². The van der Waals surface area contributed by atoms with E-state index in [4.69, 9.17) is 0 Å².